The zero-order valence-electron chi connectivity index (χ0n) is 9.30. The van der Waals surface area contributed by atoms with E-state index in [2.05, 4.69) is 29.0 Å². The Morgan fingerprint density at radius 1 is 1.24 bits per heavy atom. The summed E-state index contributed by atoms with van der Waals surface area (Å²) >= 11 is 9.45. The number of thiophene rings is 1. The highest BCUT2D eigenvalue weighted by atomic mass is 35.5. The first kappa shape index (κ1) is 13.0. The largest absolute Gasteiger partial charge is 0.329 e. The molecule has 0 spiro atoms. The van der Waals surface area contributed by atoms with Crippen LogP contribution in [0.1, 0.15) is 16.4 Å². The van der Waals surface area contributed by atoms with Crippen LogP contribution in [0.25, 0.3) is 0 Å². The van der Waals surface area contributed by atoms with Gasteiger partial charge in [0.1, 0.15) is 0 Å². The first-order valence-electron chi connectivity index (χ1n) is 5.38. The van der Waals surface area contributed by atoms with E-state index in [-0.39, 0.29) is 0 Å². The molecule has 2 aromatic rings. The van der Waals surface area contributed by atoms with Crippen LogP contribution in [0, 0.1) is 0 Å². The van der Waals surface area contributed by atoms with Crippen LogP contribution >= 0.6 is 34.7 Å². The highest BCUT2D eigenvalue weighted by Gasteiger charge is 2.10. The minimum absolute atomic E-state index is 0.386. The van der Waals surface area contributed by atoms with E-state index >= 15 is 0 Å². The van der Waals surface area contributed by atoms with E-state index in [9.17, 15) is 0 Å². The molecule has 0 aliphatic rings. The van der Waals surface area contributed by atoms with E-state index in [1.54, 1.807) is 11.3 Å². The van der Waals surface area contributed by atoms with Crippen LogP contribution in [-0.4, -0.2) is 6.54 Å². The molecule has 0 fully saturated rings. The van der Waals surface area contributed by atoms with Crippen molar-refractivity contribution in [2.75, 3.05) is 6.54 Å². The molecule has 0 saturated heterocycles. The third-order valence-electron chi connectivity index (χ3n) is 2.49. The Morgan fingerprint density at radius 2 is 2.00 bits per heavy atom. The third-order valence-corrected chi connectivity index (χ3v) is 4.81. The highest BCUT2D eigenvalue weighted by molar-refractivity contribution is 7.98. The van der Waals surface area contributed by atoms with Gasteiger partial charge >= 0.3 is 0 Å². The maximum absolute atomic E-state index is 5.86. The van der Waals surface area contributed by atoms with Gasteiger partial charge in [-0.1, -0.05) is 23.7 Å². The molecule has 17 heavy (non-hydrogen) atoms. The van der Waals surface area contributed by atoms with Crippen molar-refractivity contribution in [3.8, 4) is 0 Å². The molecule has 2 rings (SSSR count). The van der Waals surface area contributed by atoms with Gasteiger partial charge in [0.05, 0.1) is 0 Å². The second-order valence-electron chi connectivity index (χ2n) is 3.72. The monoisotopic (exact) mass is 283 g/mol. The van der Waals surface area contributed by atoms with Crippen molar-refractivity contribution in [3.05, 3.63) is 57.2 Å². The van der Waals surface area contributed by atoms with Gasteiger partial charge in [-0.3, -0.25) is 0 Å². The van der Waals surface area contributed by atoms with E-state index < -0.39 is 0 Å². The maximum atomic E-state index is 5.86. The van der Waals surface area contributed by atoms with Gasteiger partial charge in [0.2, 0.25) is 0 Å². The van der Waals surface area contributed by atoms with E-state index in [1.165, 1.54) is 11.1 Å². The highest BCUT2D eigenvalue weighted by Crippen LogP contribution is 2.31. The van der Waals surface area contributed by atoms with Gasteiger partial charge in [-0.15, -0.1) is 11.8 Å². The minimum Gasteiger partial charge on any atom is -0.329 e. The van der Waals surface area contributed by atoms with Crippen molar-refractivity contribution in [2.45, 2.75) is 11.0 Å². The number of hydrogen-bond donors (Lipinski definition) is 1. The summed E-state index contributed by atoms with van der Waals surface area (Å²) in [6, 6.07) is 10.1. The quantitative estimate of drug-likeness (QED) is 0.884. The summed E-state index contributed by atoms with van der Waals surface area (Å²) in [6.45, 7) is 0.676. The van der Waals surface area contributed by atoms with Crippen molar-refractivity contribution >= 4 is 34.7 Å². The van der Waals surface area contributed by atoms with Gasteiger partial charge < -0.3 is 5.73 Å². The van der Waals surface area contributed by atoms with Gasteiger partial charge in [-0.25, -0.2) is 0 Å². The van der Waals surface area contributed by atoms with Gasteiger partial charge in [-0.2, -0.15) is 11.3 Å². The standard InChI is InChI=1S/C13H14ClNS2/c14-12-3-1-10(2-4-12)8-17-13(7-15)11-5-6-16-9-11/h1-6,9,13H,7-8,15H2. The molecule has 0 radical (unpaired) electrons. The molecule has 1 aromatic heterocycles. The maximum Gasteiger partial charge on any atom is 0.0431 e. The Hall–Kier alpha value is -0.480. The lowest BCUT2D eigenvalue weighted by atomic mass is 10.2. The Balaban J connectivity index is 1.94. The molecule has 1 aromatic carbocycles. The lowest BCUT2D eigenvalue weighted by Crippen LogP contribution is -2.08. The predicted octanol–water partition coefficient (Wildman–Crippen LogP) is 4.33. The van der Waals surface area contributed by atoms with Crippen molar-refractivity contribution in [3.63, 3.8) is 0 Å². The Kier molecular flexibility index (Phi) is 4.92. The molecule has 2 N–H and O–H groups in total. The molecule has 90 valence electrons. The minimum atomic E-state index is 0.386. The number of benzene rings is 1. The molecular weight excluding hydrogens is 270 g/mol. The zero-order chi connectivity index (χ0) is 12.1. The van der Waals surface area contributed by atoms with Crippen LogP contribution in [0.2, 0.25) is 5.02 Å². The molecular formula is C13H14ClNS2. The second-order valence-corrected chi connectivity index (χ2v) is 6.13. The fraction of sp³-hybridized carbons (Fsp3) is 0.231. The van der Waals surface area contributed by atoms with E-state index in [4.69, 9.17) is 17.3 Å². The number of thioether (sulfide) groups is 1. The number of nitrogens with two attached hydrogens (primary N) is 1. The zero-order valence-corrected chi connectivity index (χ0v) is 11.7. The van der Waals surface area contributed by atoms with Crippen LogP contribution in [0.15, 0.2) is 41.1 Å². The van der Waals surface area contributed by atoms with E-state index in [0.29, 0.717) is 11.8 Å². The van der Waals surface area contributed by atoms with Gasteiger partial charge in [0.25, 0.3) is 0 Å². The van der Waals surface area contributed by atoms with Crippen molar-refractivity contribution in [2.24, 2.45) is 5.73 Å². The van der Waals surface area contributed by atoms with E-state index in [1.807, 2.05) is 23.9 Å². The average molecular weight is 284 g/mol. The molecule has 4 heteroatoms. The van der Waals surface area contributed by atoms with Crippen LogP contribution in [0.4, 0.5) is 0 Å². The van der Waals surface area contributed by atoms with Crippen molar-refractivity contribution < 1.29 is 0 Å². The molecule has 0 aliphatic carbocycles. The lowest BCUT2D eigenvalue weighted by molar-refractivity contribution is 0.945. The van der Waals surface area contributed by atoms with Crippen LogP contribution in [-0.2, 0) is 5.75 Å². The molecule has 1 atom stereocenters. The van der Waals surface area contributed by atoms with Crippen molar-refractivity contribution in [1.82, 2.24) is 0 Å². The van der Waals surface area contributed by atoms with Gasteiger partial charge in [-0.05, 0) is 40.1 Å². The SMILES string of the molecule is NCC(SCc1ccc(Cl)cc1)c1ccsc1. The average Bonchev–Trinajstić information content (AvgIpc) is 2.86. The van der Waals surface area contributed by atoms with Crippen molar-refractivity contribution in [1.29, 1.82) is 0 Å². The Bertz CT molecular complexity index is 439. The molecule has 1 nitrogen and oxygen atoms in total. The first-order chi connectivity index (χ1) is 8.29. The smallest absolute Gasteiger partial charge is 0.0431 e. The molecule has 0 bridgehead atoms. The normalized spacial score (nSPS) is 12.6. The van der Waals surface area contributed by atoms with Crippen LogP contribution in [0.3, 0.4) is 0 Å². The fourth-order valence-electron chi connectivity index (χ4n) is 1.54. The molecule has 0 aliphatic heterocycles. The molecule has 0 saturated carbocycles. The van der Waals surface area contributed by atoms with E-state index in [0.717, 1.165) is 10.8 Å². The van der Waals surface area contributed by atoms with Crippen LogP contribution in [0.5, 0.6) is 0 Å². The third kappa shape index (κ3) is 3.75. The Morgan fingerprint density at radius 3 is 2.59 bits per heavy atom. The van der Waals surface area contributed by atoms with Gasteiger partial charge in [0.15, 0.2) is 0 Å². The summed E-state index contributed by atoms with van der Waals surface area (Å²) in [7, 11) is 0. The molecule has 1 unspecified atom stereocenters. The fourth-order valence-corrected chi connectivity index (χ4v) is 3.52. The predicted molar refractivity (Wildman–Crippen MR) is 78.9 cm³/mol. The van der Waals surface area contributed by atoms with Crippen LogP contribution < -0.4 is 5.73 Å². The summed E-state index contributed by atoms with van der Waals surface area (Å²) in [6.07, 6.45) is 0. The molecule has 1 heterocycles. The summed E-state index contributed by atoms with van der Waals surface area (Å²) in [5, 5.41) is 5.44. The topological polar surface area (TPSA) is 26.0 Å². The Labute approximate surface area is 115 Å². The number of halogens is 1. The summed E-state index contributed by atoms with van der Waals surface area (Å²) < 4.78 is 0. The first-order valence-corrected chi connectivity index (χ1v) is 7.75. The summed E-state index contributed by atoms with van der Waals surface area (Å²) in [5.41, 5.74) is 8.43. The lowest BCUT2D eigenvalue weighted by Gasteiger charge is -2.12. The second kappa shape index (κ2) is 6.45. The van der Waals surface area contributed by atoms with Gasteiger partial charge in [0, 0.05) is 22.6 Å². The summed E-state index contributed by atoms with van der Waals surface area (Å²) in [5.74, 6) is 0.967. The summed E-state index contributed by atoms with van der Waals surface area (Å²) in [4.78, 5) is 0. The molecule has 0 amide bonds. The number of hydrogen-bond acceptors (Lipinski definition) is 3. The number of rotatable bonds is 5.